The van der Waals surface area contributed by atoms with E-state index in [0.29, 0.717) is 23.5 Å². The smallest absolute Gasteiger partial charge is 0.155 e. The molecule has 0 aromatic heterocycles. The fraction of sp³-hybridized carbons (Fsp3) is 1.00. The molecule has 1 unspecified atom stereocenters. The molecule has 0 fully saturated rings. The number of rotatable bonds is 8. The molecule has 0 radical (unpaired) electrons. The lowest BCUT2D eigenvalue weighted by atomic mass is 9.93. The minimum atomic E-state index is -3.00. The maximum Gasteiger partial charge on any atom is 0.155 e. The third kappa shape index (κ3) is 7.31. The first-order valence-corrected chi connectivity index (χ1v) is 9.05. The van der Waals surface area contributed by atoms with Crippen molar-refractivity contribution in [2.75, 3.05) is 18.8 Å². The highest BCUT2D eigenvalue weighted by Crippen LogP contribution is 2.21. The molecule has 0 bridgehead atoms. The van der Waals surface area contributed by atoms with Crippen LogP contribution in [0.3, 0.4) is 0 Å². The molecular weight excluding hydrogens is 258 g/mol. The first-order chi connectivity index (χ1) is 8.47. The Kier molecular flexibility index (Phi) is 7.59. The van der Waals surface area contributed by atoms with Gasteiger partial charge >= 0.3 is 0 Å². The van der Waals surface area contributed by atoms with Crippen molar-refractivity contribution in [1.29, 1.82) is 0 Å². The predicted molar refractivity (Wildman–Crippen MR) is 84.2 cm³/mol. The molecule has 19 heavy (non-hydrogen) atoms. The molecule has 0 aliphatic rings. The van der Waals surface area contributed by atoms with Gasteiger partial charge in [-0.2, -0.15) is 0 Å². The lowest BCUT2D eigenvalue weighted by Gasteiger charge is -2.25. The van der Waals surface area contributed by atoms with E-state index in [9.17, 15) is 8.42 Å². The highest BCUT2D eigenvalue weighted by atomic mass is 32.2. The van der Waals surface area contributed by atoms with Gasteiger partial charge in [0, 0.05) is 0 Å². The molecule has 0 heterocycles. The molecule has 116 valence electrons. The Bertz CT molecular complexity index is 340. The molecule has 0 aromatic rings. The number of hydrogen-bond acceptors (Lipinski definition) is 3. The highest BCUT2D eigenvalue weighted by molar-refractivity contribution is 7.92. The SMILES string of the molecule is CC(C)CNCC(CCS(=O)(=O)C(C)(C)C)C(C)C. The van der Waals surface area contributed by atoms with Gasteiger partial charge in [0.05, 0.1) is 10.5 Å². The zero-order valence-corrected chi connectivity index (χ0v) is 14.6. The van der Waals surface area contributed by atoms with Crippen molar-refractivity contribution in [3.8, 4) is 0 Å². The monoisotopic (exact) mass is 291 g/mol. The van der Waals surface area contributed by atoms with Crippen LogP contribution in [0.5, 0.6) is 0 Å². The van der Waals surface area contributed by atoms with Crippen molar-refractivity contribution in [1.82, 2.24) is 5.32 Å². The van der Waals surface area contributed by atoms with Gasteiger partial charge in [0.2, 0.25) is 0 Å². The lowest BCUT2D eigenvalue weighted by molar-refractivity contribution is 0.345. The zero-order chi connectivity index (χ0) is 15.3. The molecule has 4 heteroatoms. The Labute approximate surface area is 120 Å². The third-order valence-corrected chi connectivity index (χ3v) is 6.23. The molecule has 3 nitrogen and oxygen atoms in total. The van der Waals surface area contributed by atoms with Crippen molar-refractivity contribution in [2.24, 2.45) is 17.8 Å². The molecule has 0 rings (SSSR count). The largest absolute Gasteiger partial charge is 0.316 e. The summed E-state index contributed by atoms with van der Waals surface area (Å²) in [5.41, 5.74) is 0. The summed E-state index contributed by atoms with van der Waals surface area (Å²) in [5, 5.41) is 3.45. The topological polar surface area (TPSA) is 46.2 Å². The first-order valence-electron chi connectivity index (χ1n) is 7.40. The molecule has 0 saturated carbocycles. The van der Waals surface area contributed by atoms with Crippen LogP contribution in [0.4, 0.5) is 0 Å². The van der Waals surface area contributed by atoms with Crippen molar-refractivity contribution in [2.45, 2.75) is 59.6 Å². The van der Waals surface area contributed by atoms with Crippen LogP contribution in [0.1, 0.15) is 54.9 Å². The quantitative estimate of drug-likeness (QED) is 0.747. The molecule has 1 N–H and O–H groups in total. The van der Waals surface area contributed by atoms with Gasteiger partial charge in [-0.3, -0.25) is 0 Å². The second-order valence-corrected chi connectivity index (χ2v) is 10.1. The average molecular weight is 292 g/mol. The van der Waals surface area contributed by atoms with Crippen LogP contribution in [-0.2, 0) is 9.84 Å². The number of nitrogens with one attached hydrogen (secondary N) is 1. The van der Waals surface area contributed by atoms with Gasteiger partial charge in [-0.05, 0) is 58.0 Å². The minimum absolute atomic E-state index is 0.294. The van der Waals surface area contributed by atoms with Crippen molar-refractivity contribution in [3.05, 3.63) is 0 Å². The van der Waals surface area contributed by atoms with E-state index >= 15 is 0 Å². The van der Waals surface area contributed by atoms with Crippen molar-refractivity contribution in [3.63, 3.8) is 0 Å². The molecule has 0 aliphatic carbocycles. The van der Waals surface area contributed by atoms with Crippen LogP contribution in [0.15, 0.2) is 0 Å². The van der Waals surface area contributed by atoms with Crippen LogP contribution in [0.2, 0.25) is 0 Å². The van der Waals surface area contributed by atoms with Gasteiger partial charge in [0.15, 0.2) is 9.84 Å². The number of sulfone groups is 1. The Morgan fingerprint density at radius 3 is 1.89 bits per heavy atom. The van der Waals surface area contributed by atoms with Crippen molar-refractivity contribution < 1.29 is 8.42 Å². The Hall–Kier alpha value is -0.0900. The van der Waals surface area contributed by atoms with Crippen molar-refractivity contribution >= 4 is 9.84 Å². The van der Waals surface area contributed by atoms with Crippen LogP contribution < -0.4 is 5.32 Å². The van der Waals surface area contributed by atoms with Gasteiger partial charge in [-0.1, -0.05) is 27.7 Å². The van der Waals surface area contributed by atoms with Gasteiger partial charge in [0.1, 0.15) is 0 Å². The zero-order valence-electron chi connectivity index (χ0n) is 13.8. The van der Waals surface area contributed by atoms with E-state index in [4.69, 9.17) is 0 Å². The van der Waals surface area contributed by atoms with E-state index in [1.807, 2.05) is 0 Å². The maximum atomic E-state index is 12.1. The summed E-state index contributed by atoms with van der Waals surface area (Å²) in [6, 6.07) is 0. The summed E-state index contributed by atoms with van der Waals surface area (Å²) in [6.07, 6.45) is 0.752. The summed E-state index contributed by atoms with van der Waals surface area (Å²) in [6.45, 7) is 16.0. The molecule has 0 aliphatic heterocycles. The fourth-order valence-corrected chi connectivity index (χ4v) is 3.07. The summed E-state index contributed by atoms with van der Waals surface area (Å²) >= 11 is 0. The van der Waals surface area contributed by atoms with Crippen LogP contribution in [0, 0.1) is 17.8 Å². The van der Waals surface area contributed by atoms with Crippen LogP contribution >= 0.6 is 0 Å². The Balaban J connectivity index is 4.38. The Morgan fingerprint density at radius 2 is 1.53 bits per heavy atom. The van der Waals surface area contributed by atoms with Gasteiger partial charge in [-0.15, -0.1) is 0 Å². The summed E-state index contributed by atoms with van der Waals surface area (Å²) in [4.78, 5) is 0. The molecule has 0 aromatic carbocycles. The molecule has 1 atom stereocenters. The maximum absolute atomic E-state index is 12.1. The second-order valence-electron chi connectivity index (χ2n) is 7.28. The normalized spacial score (nSPS) is 15.2. The Morgan fingerprint density at radius 1 is 1.00 bits per heavy atom. The van der Waals surface area contributed by atoms with E-state index in [1.165, 1.54) is 0 Å². The van der Waals surface area contributed by atoms with E-state index < -0.39 is 14.6 Å². The van der Waals surface area contributed by atoms with E-state index in [2.05, 4.69) is 33.0 Å². The summed E-state index contributed by atoms with van der Waals surface area (Å²) < 4.78 is 23.6. The van der Waals surface area contributed by atoms with Gasteiger partial charge in [-0.25, -0.2) is 8.42 Å². The van der Waals surface area contributed by atoms with Gasteiger partial charge < -0.3 is 5.32 Å². The van der Waals surface area contributed by atoms with E-state index in [0.717, 1.165) is 19.5 Å². The fourth-order valence-electron chi connectivity index (χ4n) is 1.84. The predicted octanol–water partition coefficient (Wildman–Crippen LogP) is 3.11. The van der Waals surface area contributed by atoms with Crippen LogP contribution in [0.25, 0.3) is 0 Å². The van der Waals surface area contributed by atoms with E-state index in [-0.39, 0.29) is 0 Å². The first kappa shape index (κ1) is 18.9. The second kappa shape index (κ2) is 7.63. The molecule has 0 amide bonds. The van der Waals surface area contributed by atoms with Crippen LogP contribution in [-0.4, -0.2) is 32.0 Å². The summed E-state index contributed by atoms with van der Waals surface area (Å²) in [7, 11) is -3.00. The average Bonchev–Trinajstić information content (AvgIpc) is 2.20. The summed E-state index contributed by atoms with van der Waals surface area (Å²) in [5.74, 6) is 1.86. The van der Waals surface area contributed by atoms with Gasteiger partial charge in [0.25, 0.3) is 0 Å². The molecule has 0 saturated heterocycles. The molecule has 0 spiro atoms. The highest BCUT2D eigenvalue weighted by Gasteiger charge is 2.29. The number of hydrogen-bond donors (Lipinski definition) is 1. The third-order valence-electron chi connectivity index (χ3n) is 3.59. The lowest BCUT2D eigenvalue weighted by Crippen LogP contribution is -2.34. The minimum Gasteiger partial charge on any atom is -0.316 e. The van der Waals surface area contributed by atoms with E-state index in [1.54, 1.807) is 20.8 Å². The molecular formula is C15H33NO2S. The standard InChI is InChI=1S/C15H33NO2S/c1-12(2)10-16-11-14(13(3)4)8-9-19(17,18)15(5,6)7/h12-14,16H,8-11H2,1-7H3.